The number of ether oxygens (including phenoxy) is 1. The van der Waals surface area contributed by atoms with Crippen LogP contribution in [-0.4, -0.2) is 40.5 Å². The molecule has 210 valence electrons. The molecule has 5 unspecified atom stereocenters. The molecule has 0 aliphatic heterocycles. The van der Waals surface area contributed by atoms with E-state index in [0.717, 1.165) is 35.5 Å². The Hall–Kier alpha value is -1.16. The fourth-order valence-corrected chi connectivity index (χ4v) is 4.77. The molecule has 8 heteroatoms. The van der Waals surface area contributed by atoms with Gasteiger partial charge in [0.2, 0.25) is 6.29 Å². The van der Waals surface area contributed by atoms with Crippen molar-refractivity contribution < 1.29 is 27.6 Å². The van der Waals surface area contributed by atoms with E-state index >= 15 is 0 Å². The van der Waals surface area contributed by atoms with Gasteiger partial charge in [0.15, 0.2) is 0 Å². The quantitative estimate of drug-likeness (QED) is 0.0405. The third-order valence-electron chi connectivity index (χ3n) is 6.52. The fourth-order valence-electron chi connectivity index (χ4n) is 3.77. The van der Waals surface area contributed by atoms with Crippen LogP contribution < -0.4 is 0 Å². The largest absolute Gasteiger partial charge is 0.430 e. The van der Waals surface area contributed by atoms with Gasteiger partial charge < -0.3 is 14.9 Å². The summed E-state index contributed by atoms with van der Waals surface area (Å²) in [4.78, 5) is 27.5. The summed E-state index contributed by atoms with van der Waals surface area (Å²) < 4.78 is 10.8. The summed E-state index contributed by atoms with van der Waals surface area (Å²) in [5.74, 6) is -1.71. The van der Waals surface area contributed by atoms with Gasteiger partial charge in [-0.15, -0.1) is 5.73 Å². The van der Waals surface area contributed by atoms with Crippen LogP contribution in [0, 0.1) is 17.3 Å². The lowest BCUT2D eigenvalue weighted by atomic mass is 9.73. The second-order valence-electron chi connectivity index (χ2n) is 9.89. The normalized spacial score (nSPS) is 16.4. The van der Waals surface area contributed by atoms with E-state index in [-0.39, 0.29) is 11.7 Å². The zero-order valence-electron chi connectivity index (χ0n) is 23.4. The van der Waals surface area contributed by atoms with Gasteiger partial charge in [0.25, 0.3) is 0 Å². The maximum absolute atomic E-state index is 13.2. The number of hydrogen-bond acceptors (Lipinski definition) is 7. The van der Waals surface area contributed by atoms with E-state index in [2.05, 4.69) is 25.8 Å². The minimum absolute atomic E-state index is 0.0385. The third-order valence-corrected chi connectivity index (χ3v) is 7.83. The van der Waals surface area contributed by atoms with Crippen LogP contribution in [0.15, 0.2) is 52.5 Å². The molecule has 0 rings (SSSR count). The first-order chi connectivity index (χ1) is 17.3. The number of aliphatic hydroxyl groups is 2. The summed E-state index contributed by atoms with van der Waals surface area (Å²) in [7, 11) is 0. The van der Waals surface area contributed by atoms with Crippen LogP contribution in [0.2, 0.25) is 0 Å². The number of Topliss-reactive ketones (excluding diaryl/α,β-unsaturated/α-hetero) is 1. The second-order valence-corrected chi connectivity index (χ2v) is 11.7. The molecule has 0 fully saturated rings. The topological polar surface area (TPSA) is 93.1 Å². The van der Waals surface area contributed by atoms with E-state index in [4.69, 9.17) is 7.80 Å². The first-order valence-corrected chi connectivity index (χ1v) is 14.4. The van der Waals surface area contributed by atoms with Crippen LogP contribution in [0.5, 0.6) is 0 Å². The number of ketones is 1. The highest BCUT2D eigenvalue weighted by molar-refractivity contribution is 14.1. The zero-order chi connectivity index (χ0) is 28.8. The van der Waals surface area contributed by atoms with E-state index in [1.807, 2.05) is 13.8 Å². The summed E-state index contributed by atoms with van der Waals surface area (Å²) in [6.07, 6.45) is 5.74. The third kappa shape index (κ3) is 12.5. The molecule has 0 aromatic heterocycles. The Morgan fingerprint density at radius 3 is 2.32 bits per heavy atom. The Labute approximate surface area is 242 Å². The van der Waals surface area contributed by atoms with Gasteiger partial charge in [-0.25, -0.2) is 0 Å². The highest BCUT2D eigenvalue weighted by atomic mass is 127. The molecule has 0 bridgehead atoms. The van der Waals surface area contributed by atoms with Crippen LogP contribution in [0.3, 0.4) is 0 Å². The van der Waals surface area contributed by atoms with E-state index in [1.165, 1.54) is 11.8 Å². The maximum atomic E-state index is 13.2. The van der Waals surface area contributed by atoms with Crippen molar-refractivity contribution in [3.63, 3.8) is 0 Å². The van der Waals surface area contributed by atoms with Crippen LogP contribution in [-0.2, 0) is 17.4 Å². The molecule has 2 N–H and O–H groups in total. The number of hydrogen-bond donors (Lipinski definition) is 2. The van der Waals surface area contributed by atoms with Gasteiger partial charge in [-0.3, -0.25) is 12.7 Å². The minimum atomic E-state index is -1.29. The van der Waals surface area contributed by atoms with Gasteiger partial charge in [-0.1, -0.05) is 91.0 Å². The predicted octanol–water partition coefficient (Wildman–Crippen LogP) is 7.22. The molecule has 0 aromatic carbocycles. The van der Waals surface area contributed by atoms with E-state index in [1.54, 1.807) is 68.9 Å². The molecule has 5 atom stereocenters. The van der Waals surface area contributed by atoms with Gasteiger partial charge in [0.05, 0.1) is 24.0 Å². The number of thioether (sulfide) groups is 1. The number of carbonyl (C=O) groups excluding carboxylic acids is 2. The monoisotopic (exact) mass is 648 g/mol. The molecule has 0 saturated carbocycles. The van der Waals surface area contributed by atoms with Crippen molar-refractivity contribution >= 4 is 46.5 Å². The summed E-state index contributed by atoms with van der Waals surface area (Å²) in [5, 5.41) is 21.6. The molecule has 0 aliphatic rings. The molecular weight excluding hydrogens is 603 g/mol. The standard InChI is InChI=1S/C29H45IO6S/c1-10-13-14-15-19(4)26(33)22(7)27(34)29(8,9)24(31)18-25(32)35-28(36-30)23(12-3)17-16-21(6)37-20(5)11-2/h12,16-17,19,22,24,26,28,31,33H,2,6,10,13-15,18H2,1,3-5,7-9H3/b17-16-,23-12+. The first kappa shape index (κ1) is 35.8. The smallest absolute Gasteiger partial charge is 0.311 e. The van der Waals surface area contributed by atoms with Crippen molar-refractivity contribution in [1.82, 2.24) is 0 Å². The van der Waals surface area contributed by atoms with Crippen molar-refractivity contribution in [3.8, 4) is 0 Å². The van der Waals surface area contributed by atoms with Gasteiger partial charge in [-0.05, 0) is 32.3 Å². The Balaban J connectivity index is 5.23. The number of allylic oxidation sites excluding steroid dienone is 3. The highest BCUT2D eigenvalue weighted by Gasteiger charge is 2.42. The minimum Gasteiger partial charge on any atom is -0.430 e. The summed E-state index contributed by atoms with van der Waals surface area (Å²) in [5.41, 5.74) is 2.12. The van der Waals surface area contributed by atoms with Crippen molar-refractivity contribution in [2.45, 2.75) is 99.1 Å². The van der Waals surface area contributed by atoms with Gasteiger partial charge in [-0.2, -0.15) is 0 Å². The lowest BCUT2D eigenvalue weighted by Gasteiger charge is -2.34. The van der Waals surface area contributed by atoms with E-state index in [9.17, 15) is 19.8 Å². The summed E-state index contributed by atoms with van der Waals surface area (Å²) in [6, 6.07) is 0. The zero-order valence-corrected chi connectivity index (χ0v) is 26.4. The van der Waals surface area contributed by atoms with Gasteiger partial charge in [0, 0.05) is 21.3 Å². The molecular formula is C29H45IO6S. The van der Waals surface area contributed by atoms with Crippen molar-refractivity contribution in [1.29, 1.82) is 0 Å². The Morgan fingerprint density at radius 1 is 1.19 bits per heavy atom. The Kier molecular flexibility index (Phi) is 17.6. The van der Waals surface area contributed by atoms with Crippen LogP contribution in [0.25, 0.3) is 0 Å². The fraction of sp³-hybridized carbons (Fsp3) is 0.621. The van der Waals surface area contributed by atoms with E-state index < -0.39 is 42.2 Å². The van der Waals surface area contributed by atoms with Gasteiger partial charge in [0.1, 0.15) is 28.8 Å². The van der Waals surface area contributed by atoms with Crippen LogP contribution in [0.1, 0.15) is 80.6 Å². The number of aliphatic hydroxyl groups excluding tert-OH is 2. The number of rotatable bonds is 18. The SMILES string of the molecule is C=C=C(C)SC(=C)/C=C\C(=C/C)C(OI)OC(=O)CC(O)C(C)(C)C(=O)C(C)C(O)C(C)CCCCC. The summed E-state index contributed by atoms with van der Waals surface area (Å²) >= 11 is 3.06. The van der Waals surface area contributed by atoms with E-state index in [0.29, 0.717) is 5.57 Å². The van der Waals surface area contributed by atoms with Crippen LogP contribution in [0.4, 0.5) is 0 Å². The summed E-state index contributed by atoms with van der Waals surface area (Å²) in [6.45, 7) is 20.1. The molecule has 0 aliphatic carbocycles. The molecule has 0 saturated heterocycles. The Morgan fingerprint density at radius 2 is 1.81 bits per heavy atom. The van der Waals surface area contributed by atoms with Crippen LogP contribution >= 0.6 is 34.8 Å². The first-order valence-electron chi connectivity index (χ1n) is 12.7. The average molecular weight is 649 g/mol. The molecule has 0 aromatic rings. The Bertz CT molecular complexity index is 872. The molecule has 0 radical (unpaired) electrons. The second kappa shape index (κ2) is 18.2. The lowest BCUT2D eigenvalue weighted by molar-refractivity contribution is -0.161. The lowest BCUT2D eigenvalue weighted by Crippen LogP contribution is -2.45. The number of halogens is 1. The molecule has 6 nitrogen and oxygen atoms in total. The highest BCUT2D eigenvalue weighted by Crippen LogP contribution is 2.32. The number of esters is 1. The molecule has 0 spiro atoms. The molecule has 0 heterocycles. The van der Waals surface area contributed by atoms with Crippen molar-refractivity contribution in [2.75, 3.05) is 0 Å². The predicted molar refractivity (Wildman–Crippen MR) is 161 cm³/mol. The van der Waals surface area contributed by atoms with Crippen molar-refractivity contribution in [3.05, 3.63) is 52.5 Å². The average Bonchev–Trinajstić information content (AvgIpc) is 2.86. The molecule has 0 amide bonds. The molecule has 37 heavy (non-hydrogen) atoms. The number of carbonyl (C=O) groups is 2. The van der Waals surface area contributed by atoms with Gasteiger partial charge >= 0.3 is 5.97 Å². The number of unbranched alkanes of at least 4 members (excludes halogenated alkanes) is 2. The maximum Gasteiger partial charge on any atom is 0.311 e. The van der Waals surface area contributed by atoms with Crippen molar-refractivity contribution in [2.24, 2.45) is 17.3 Å².